The average Bonchev–Trinajstić information content (AvgIpc) is 2.71. The number of carbonyl (C=O) groups excluding carboxylic acids is 1. The Labute approximate surface area is 174 Å². The molecule has 0 aliphatic heterocycles. The number of primary amides is 1. The van der Waals surface area contributed by atoms with Crippen LogP contribution < -0.4 is 5.73 Å². The first-order chi connectivity index (χ1) is 13.7. The quantitative estimate of drug-likeness (QED) is 0.175. The van der Waals surface area contributed by atoms with Crippen LogP contribution in [-0.4, -0.2) is 93.2 Å². The molecular weight excluding hydrogens is 386 g/mol. The lowest BCUT2D eigenvalue weighted by atomic mass is 10.0. The van der Waals surface area contributed by atoms with Gasteiger partial charge in [-0.2, -0.15) is 0 Å². The van der Waals surface area contributed by atoms with Crippen LogP contribution in [0.3, 0.4) is 0 Å². The van der Waals surface area contributed by atoms with Crippen LogP contribution in [0, 0.1) is 0 Å². The molecular formula is C19H43NO9. The van der Waals surface area contributed by atoms with E-state index in [-0.39, 0.29) is 6.42 Å². The van der Waals surface area contributed by atoms with E-state index in [0.29, 0.717) is 0 Å². The minimum atomic E-state index is -1.93. The molecule has 0 aromatic heterocycles. The molecule has 0 heterocycles. The van der Waals surface area contributed by atoms with Gasteiger partial charge in [-0.15, -0.1) is 0 Å². The Morgan fingerprint density at radius 3 is 1.69 bits per heavy atom. The van der Waals surface area contributed by atoms with Gasteiger partial charge >= 0.3 is 0 Å². The van der Waals surface area contributed by atoms with Gasteiger partial charge in [-0.25, -0.2) is 0 Å². The molecule has 1 amide bonds. The standard InChI is InChI=1S/C12H25NO9.C5H12.C2H6/c1-6(17)8(4-15)22-9(5-16)21-7(2-3-14)10(18)11(19)12(13)20;1-3-5-4-2;1-2/h6-11,14-19H,2-5H2,1H3,(H2,13,20);3-5H2,1-2H3;1-2H3/t6-,7+,8?,9-,10-,11+;;/m0../s1. The zero-order chi connectivity index (χ0) is 23.4. The normalized spacial score (nSPS) is 16.8. The number of hydrogen-bond donors (Lipinski definition) is 7. The molecule has 8 N–H and O–H groups in total. The summed E-state index contributed by atoms with van der Waals surface area (Å²) in [7, 11) is 0. The summed E-state index contributed by atoms with van der Waals surface area (Å²) in [5, 5.41) is 55.7. The fraction of sp³-hybridized carbons (Fsp3) is 0.947. The largest absolute Gasteiger partial charge is 0.396 e. The predicted octanol–water partition coefficient (Wildman–Crippen LogP) is -0.739. The second-order valence-electron chi connectivity index (χ2n) is 6.09. The van der Waals surface area contributed by atoms with E-state index in [4.69, 9.17) is 25.4 Å². The Morgan fingerprint density at radius 1 is 0.931 bits per heavy atom. The van der Waals surface area contributed by atoms with Crippen LogP contribution >= 0.6 is 0 Å². The molecule has 0 radical (unpaired) electrons. The van der Waals surface area contributed by atoms with Crippen LogP contribution in [-0.2, 0) is 14.3 Å². The van der Waals surface area contributed by atoms with E-state index in [1.165, 1.54) is 26.2 Å². The van der Waals surface area contributed by atoms with Crippen molar-refractivity contribution >= 4 is 5.91 Å². The smallest absolute Gasteiger partial charge is 0.249 e. The van der Waals surface area contributed by atoms with Crippen molar-refractivity contribution in [3.63, 3.8) is 0 Å². The molecule has 178 valence electrons. The van der Waals surface area contributed by atoms with Gasteiger partial charge in [0.05, 0.1) is 25.4 Å². The van der Waals surface area contributed by atoms with Crippen LogP contribution in [0.25, 0.3) is 0 Å². The Bertz CT molecular complexity index is 357. The van der Waals surface area contributed by atoms with E-state index in [9.17, 15) is 25.2 Å². The third-order valence-electron chi connectivity index (χ3n) is 3.64. The lowest BCUT2D eigenvalue weighted by Gasteiger charge is -2.31. The van der Waals surface area contributed by atoms with Gasteiger partial charge in [-0.1, -0.05) is 47.0 Å². The first-order valence-electron chi connectivity index (χ1n) is 10.2. The maximum absolute atomic E-state index is 10.9. The first kappa shape index (κ1) is 32.8. The van der Waals surface area contributed by atoms with Crippen molar-refractivity contribution in [3.05, 3.63) is 0 Å². The number of aliphatic hydroxyl groups excluding tert-OH is 6. The SMILES string of the molecule is CC.CCCCC.C[C@H](O)C(CO)O[C@@H](CO)O[C@H](CCO)[C@H](O)[C@@H](O)C(N)=O. The highest BCUT2D eigenvalue weighted by Gasteiger charge is 2.33. The van der Waals surface area contributed by atoms with Crippen molar-refractivity contribution in [1.29, 1.82) is 0 Å². The molecule has 10 nitrogen and oxygen atoms in total. The minimum absolute atomic E-state index is 0.177. The highest BCUT2D eigenvalue weighted by molar-refractivity contribution is 5.79. The van der Waals surface area contributed by atoms with Gasteiger partial charge in [0, 0.05) is 6.61 Å². The lowest BCUT2D eigenvalue weighted by molar-refractivity contribution is -0.248. The number of carbonyl (C=O) groups is 1. The highest BCUT2D eigenvalue weighted by atomic mass is 16.7. The van der Waals surface area contributed by atoms with Crippen molar-refractivity contribution in [1.82, 2.24) is 0 Å². The summed E-state index contributed by atoms with van der Waals surface area (Å²) in [4.78, 5) is 10.9. The predicted molar refractivity (Wildman–Crippen MR) is 109 cm³/mol. The van der Waals surface area contributed by atoms with Gasteiger partial charge in [0.25, 0.3) is 0 Å². The van der Waals surface area contributed by atoms with E-state index < -0.39 is 62.5 Å². The van der Waals surface area contributed by atoms with E-state index in [1.54, 1.807) is 0 Å². The van der Waals surface area contributed by atoms with Gasteiger partial charge < -0.3 is 45.8 Å². The lowest BCUT2D eigenvalue weighted by Crippen LogP contribution is -2.49. The number of hydrogen-bond acceptors (Lipinski definition) is 9. The molecule has 0 aliphatic carbocycles. The molecule has 0 spiro atoms. The Morgan fingerprint density at radius 2 is 1.41 bits per heavy atom. The molecule has 0 saturated carbocycles. The van der Waals surface area contributed by atoms with E-state index in [1.807, 2.05) is 13.8 Å². The third kappa shape index (κ3) is 16.6. The summed E-state index contributed by atoms with van der Waals surface area (Å²) in [6.45, 7) is 8.10. The monoisotopic (exact) mass is 429 g/mol. The Hall–Kier alpha value is -0.850. The average molecular weight is 430 g/mol. The number of ether oxygens (including phenoxy) is 2. The van der Waals surface area contributed by atoms with Gasteiger partial charge in [0.15, 0.2) is 12.4 Å². The van der Waals surface area contributed by atoms with Gasteiger partial charge in [-0.05, 0) is 13.3 Å². The second kappa shape index (κ2) is 21.8. The molecule has 0 aliphatic rings. The molecule has 0 aromatic rings. The summed E-state index contributed by atoms with van der Waals surface area (Å²) < 4.78 is 10.3. The first-order valence-corrected chi connectivity index (χ1v) is 10.2. The molecule has 0 fully saturated rings. The van der Waals surface area contributed by atoms with Crippen molar-refractivity contribution in [2.45, 2.75) is 97.1 Å². The van der Waals surface area contributed by atoms with E-state index in [0.717, 1.165) is 0 Å². The van der Waals surface area contributed by atoms with E-state index >= 15 is 0 Å². The fourth-order valence-electron chi connectivity index (χ4n) is 1.99. The van der Waals surface area contributed by atoms with Gasteiger partial charge in [0.2, 0.25) is 5.91 Å². The molecule has 0 rings (SSSR count). The third-order valence-corrected chi connectivity index (χ3v) is 3.64. The van der Waals surface area contributed by atoms with Crippen LogP contribution in [0.5, 0.6) is 0 Å². The molecule has 0 bridgehead atoms. The van der Waals surface area contributed by atoms with Crippen LogP contribution in [0.15, 0.2) is 0 Å². The zero-order valence-electron chi connectivity index (χ0n) is 18.4. The number of nitrogens with two attached hydrogens (primary N) is 1. The number of rotatable bonds is 14. The van der Waals surface area contributed by atoms with Gasteiger partial charge in [0.1, 0.15) is 12.2 Å². The molecule has 0 saturated heterocycles. The van der Waals surface area contributed by atoms with Gasteiger partial charge in [-0.3, -0.25) is 4.79 Å². The molecule has 10 heteroatoms. The second-order valence-corrected chi connectivity index (χ2v) is 6.09. The maximum atomic E-state index is 10.9. The van der Waals surface area contributed by atoms with Crippen molar-refractivity contribution in [2.24, 2.45) is 5.73 Å². The summed E-state index contributed by atoms with van der Waals surface area (Å²) in [6.07, 6.45) is -4.51. The summed E-state index contributed by atoms with van der Waals surface area (Å²) in [5.41, 5.74) is 4.86. The van der Waals surface area contributed by atoms with Crippen molar-refractivity contribution in [3.8, 4) is 0 Å². The summed E-state index contributed by atoms with van der Waals surface area (Å²) >= 11 is 0. The molecule has 0 aromatic carbocycles. The van der Waals surface area contributed by atoms with Crippen LogP contribution in [0.4, 0.5) is 0 Å². The maximum Gasteiger partial charge on any atom is 0.249 e. The van der Waals surface area contributed by atoms with Crippen LogP contribution in [0.2, 0.25) is 0 Å². The zero-order valence-corrected chi connectivity index (χ0v) is 18.4. The van der Waals surface area contributed by atoms with E-state index in [2.05, 4.69) is 13.8 Å². The molecule has 1 unspecified atom stereocenters. The Kier molecular flexibility index (Phi) is 24.7. The molecule has 29 heavy (non-hydrogen) atoms. The summed E-state index contributed by atoms with van der Waals surface area (Å²) in [5.74, 6) is -1.18. The fourth-order valence-corrected chi connectivity index (χ4v) is 1.99. The van der Waals surface area contributed by atoms with Crippen LogP contribution in [0.1, 0.15) is 60.3 Å². The number of amides is 1. The summed E-state index contributed by atoms with van der Waals surface area (Å²) in [6, 6.07) is 0. The number of unbranched alkanes of at least 4 members (excludes halogenated alkanes) is 2. The topological polar surface area (TPSA) is 183 Å². The minimum Gasteiger partial charge on any atom is -0.396 e. The van der Waals surface area contributed by atoms with Crippen molar-refractivity contribution < 1.29 is 44.9 Å². The number of aliphatic hydroxyl groups is 6. The van der Waals surface area contributed by atoms with Crippen molar-refractivity contribution in [2.75, 3.05) is 19.8 Å². The molecule has 6 atom stereocenters. The highest BCUT2D eigenvalue weighted by Crippen LogP contribution is 2.14. The Balaban J connectivity index is -0.000000833.